The Labute approximate surface area is 147 Å². The zero-order valence-corrected chi connectivity index (χ0v) is 14.7. The van der Waals surface area contributed by atoms with E-state index in [1.807, 2.05) is 4.90 Å². The van der Waals surface area contributed by atoms with Crippen molar-refractivity contribution < 1.29 is 14.4 Å². The molecule has 2 amide bonds. The second kappa shape index (κ2) is 7.79. The van der Waals surface area contributed by atoms with Gasteiger partial charge in [0.05, 0.1) is 11.3 Å². The zero-order valence-electron chi connectivity index (χ0n) is 14.7. The summed E-state index contributed by atoms with van der Waals surface area (Å²) < 4.78 is 0. The van der Waals surface area contributed by atoms with E-state index in [9.17, 15) is 19.6 Å². The molecule has 25 heavy (non-hydrogen) atoms. The van der Waals surface area contributed by atoms with E-state index in [2.05, 4.69) is 11.4 Å². The van der Waals surface area contributed by atoms with E-state index in [0.717, 1.165) is 0 Å². The molecule has 1 aromatic carbocycles. The maximum absolute atomic E-state index is 12.1. The summed E-state index contributed by atoms with van der Waals surface area (Å²) in [5.74, 6) is -1.20. The SMILES string of the molecule is CC(=O)c1ccc(C#N)c(N2CCN(C(=O)C(=O)NC(C)C)CC2)c1. The Morgan fingerprint density at radius 3 is 2.32 bits per heavy atom. The minimum Gasteiger partial charge on any atom is -0.367 e. The van der Waals surface area contributed by atoms with Crippen LogP contribution in [-0.2, 0) is 9.59 Å². The van der Waals surface area contributed by atoms with Gasteiger partial charge in [-0.25, -0.2) is 0 Å². The van der Waals surface area contributed by atoms with Crippen LogP contribution >= 0.6 is 0 Å². The number of anilines is 1. The zero-order chi connectivity index (χ0) is 18.6. The summed E-state index contributed by atoms with van der Waals surface area (Å²) >= 11 is 0. The third-order valence-corrected chi connectivity index (χ3v) is 4.05. The maximum atomic E-state index is 12.1. The predicted molar refractivity (Wildman–Crippen MR) is 93.2 cm³/mol. The van der Waals surface area contributed by atoms with Crippen LogP contribution in [0.25, 0.3) is 0 Å². The fraction of sp³-hybridized carbons (Fsp3) is 0.444. The fourth-order valence-electron chi connectivity index (χ4n) is 2.72. The molecule has 0 saturated carbocycles. The van der Waals surface area contributed by atoms with Gasteiger partial charge < -0.3 is 15.1 Å². The molecular weight excluding hydrogens is 320 g/mol. The van der Waals surface area contributed by atoms with Crippen molar-refractivity contribution in [2.75, 3.05) is 31.1 Å². The first-order valence-corrected chi connectivity index (χ1v) is 8.23. The first kappa shape index (κ1) is 18.5. The van der Waals surface area contributed by atoms with Gasteiger partial charge in [0.2, 0.25) is 0 Å². The number of amides is 2. The molecule has 0 aromatic heterocycles. The highest BCUT2D eigenvalue weighted by Gasteiger charge is 2.27. The molecule has 1 fully saturated rings. The smallest absolute Gasteiger partial charge is 0.312 e. The Balaban J connectivity index is 2.09. The molecule has 1 aliphatic rings. The van der Waals surface area contributed by atoms with Gasteiger partial charge in [-0.3, -0.25) is 14.4 Å². The van der Waals surface area contributed by atoms with Crippen LogP contribution in [0.15, 0.2) is 18.2 Å². The molecule has 0 aliphatic carbocycles. The number of ketones is 1. The van der Waals surface area contributed by atoms with Gasteiger partial charge in [-0.15, -0.1) is 0 Å². The van der Waals surface area contributed by atoms with Gasteiger partial charge in [-0.2, -0.15) is 5.26 Å². The Hall–Kier alpha value is -2.88. The number of hydrogen-bond donors (Lipinski definition) is 1. The fourth-order valence-corrected chi connectivity index (χ4v) is 2.72. The minimum atomic E-state index is -0.597. The van der Waals surface area contributed by atoms with E-state index in [1.54, 1.807) is 32.0 Å². The topological polar surface area (TPSA) is 93.5 Å². The predicted octanol–water partition coefficient (Wildman–Crippen LogP) is 0.934. The van der Waals surface area contributed by atoms with E-state index in [0.29, 0.717) is 43.0 Å². The van der Waals surface area contributed by atoms with Crippen molar-refractivity contribution in [3.05, 3.63) is 29.3 Å². The van der Waals surface area contributed by atoms with E-state index in [-0.39, 0.29) is 11.8 Å². The van der Waals surface area contributed by atoms with Crippen LogP contribution in [-0.4, -0.2) is 54.7 Å². The maximum Gasteiger partial charge on any atom is 0.312 e. The number of Topliss-reactive ketones (excluding diaryl/α,β-unsaturated/α-hetero) is 1. The average Bonchev–Trinajstić information content (AvgIpc) is 2.60. The van der Waals surface area contributed by atoms with Crippen LogP contribution < -0.4 is 10.2 Å². The lowest BCUT2D eigenvalue weighted by Gasteiger charge is -2.36. The highest BCUT2D eigenvalue weighted by atomic mass is 16.2. The summed E-state index contributed by atoms with van der Waals surface area (Å²) in [6.07, 6.45) is 0. The van der Waals surface area contributed by atoms with E-state index >= 15 is 0 Å². The largest absolute Gasteiger partial charge is 0.367 e. The Morgan fingerprint density at radius 1 is 1.16 bits per heavy atom. The summed E-state index contributed by atoms with van der Waals surface area (Å²) in [7, 11) is 0. The number of piperazine rings is 1. The lowest BCUT2D eigenvalue weighted by Crippen LogP contribution is -2.53. The highest BCUT2D eigenvalue weighted by Crippen LogP contribution is 2.23. The first-order chi connectivity index (χ1) is 11.8. The third-order valence-electron chi connectivity index (χ3n) is 4.05. The second-order valence-electron chi connectivity index (χ2n) is 6.31. The third kappa shape index (κ3) is 4.35. The summed E-state index contributed by atoms with van der Waals surface area (Å²) in [5.41, 5.74) is 1.72. The molecule has 1 aliphatic heterocycles. The molecule has 0 radical (unpaired) electrons. The Kier molecular flexibility index (Phi) is 5.75. The standard InChI is InChI=1S/C18H22N4O3/c1-12(2)20-17(24)18(25)22-8-6-21(7-9-22)16-10-14(13(3)23)4-5-15(16)11-19/h4-5,10,12H,6-9H2,1-3H3,(H,20,24). The lowest BCUT2D eigenvalue weighted by molar-refractivity contribution is -0.146. The van der Waals surface area contributed by atoms with E-state index in [4.69, 9.17) is 0 Å². The number of hydrogen-bond acceptors (Lipinski definition) is 5. The van der Waals surface area contributed by atoms with Crippen LogP contribution in [0.3, 0.4) is 0 Å². The van der Waals surface area contributed by atoms with Crippen molar-refractivity contribution in [2.24, 2.45) is 0 Å². The van der Waals surface area contributed by atoms with E-state index in [1.165, 1.54) is 11.8 Å². The first-order valence-electron chi connectivity index (χ1n) is 8.23. The van der Waals surface area contributed by atoms with Crippen molar-refractivity contribution >= 4 is 23.3 Å². The molecule has 0 spiro atoms. The molecular formula is C18H22N4O3. The quantitative estimate of drug-likeness (QED) is 0.652. The molecule has 1 saturated heterocycles. The van der Waals surface area contributed by atoms with Gasteiger partial charge in [0.15, 0.2) is 5.78 Å². The summed E-state index contributed by atoms with van der Waals surface area (Å²) in [6, 6.07) is 7.03. The van der Waals surface area contributed by atoms with Crippen molar-refractivity contribution in [2.45, 2.75) is 26.8 Å². The van der Waals surface area contributed by atoms with Crippen LogP contribution in [0.1, 0.15) is 36.7 Å². The molecule has 7 nitrogen and oxygen atoms in total. The van der Waals surface area contributed by atoms with Crippen LogP contribution in [0, 0.1) is 11.3 Å². The second-order valence-corrected chi connectivity index (χ2v) is 6.31. The molecule has 1 heterocycles. The van der Waals surface area contributed by atoms with Gasteiger partial charge in [0.1, 0.15) is 6.07 Å². The Bertz CT molecular complexity index is 728. The number of benzene rings is 1. The molecule has 7 heteroatoms. The monoisotopic (exact) mass is 342 g/mol. The number of rotatable bonds is 3. The van der Waals surface area contributed by atoms with E-state index < -0.39 is 11.8 Å². The molecule has 1 N–H and O–H groups in total. The molecule has 132 valence electrons. The number of nitriles is 1. The summed E-state index contributed by atoms with van der Waals surface area (Å²) in [6.45, 7) is 6.85. The van der Waals surface area contributed by atoms with Crippen LogP contribution in [0.2, 0.25) is 0 Å². The Morgan fingerprint density at radius 2 is 1.80 bits per heavy atom. The highest BCUT2D eigenvalue weighted by molar-refractivity contribution is 6.35. The average molecular weight is 342 g/mol. The van der Waals surface area contributed by atoms with Gasteiger partial charge >= 0.3 is 11.8 Å². The molecule has 0 unspecified atom stereocenters. The number of carbonyl (C=O) groups excluding carboxylic acids is 3. The molecule has 0 bridgehead atoms. The number of nitrogens with zero attached hydrogens (tertiary/aromatic N) is 3. The molecule has 1 aromatic rings. The normalized spacial score (nSPS) is 14.2. The molecule has 0 atom stereocenters. The van der Waals surface area contributed by atoms with Crippen molar-refractivity contribution in [1.82, 2.24) is 10.2 Å². The van der Waals surface area contributed by atoms with Gasteiger partial charge in [-0.1, -0.05) is 0 Å². The summed E-state index contributed by atoms with van der Waals surface area (Å²) in [4.78, 5) is 39.0. The van der Waals surface area contributed by atoms with Crippen molar-refractivity contribution in [1.29, 1.82) is 5.26 Å². The van der Waals surface area contributed by atoms with Crippen molar-refractivity contribution in [3.8, 4) is 6.07 Å². The van der Waals surface area contributed by atoms with Crippen LogP contribution in [0.5, 0.6) is 0 Å². The minimum absolute atomic E-state index is 0.0649. The van der Waals surface area contributed by atoms with Gasteiger partial charge in [-0.05, 0) is 39.0 Å². The van der Waals surface area contributed by atoms with Gasteiger partial charge in [0.25, 0.3) is 0 Å². The number of carbonyl (C=O) groups is 3. The van der Waals surface area contributed by atoms with Crippen LogP contribution in [0.4, 0.5) is 5.69 Å². The summed E-state index contributed by atoms with van der Waals surface area (Å²) in [5, 5.41) is 11.9. The number of nitrogens with one attached hydrogen (secondary N) is 1. The molecule has 2 rings (SSSR count). The van der Waals surface area contributed by atoms with Crippen molar-refractivity contribution in [3.63, 3.8) is 0 Å². The lowest BCUT2D eigenvalue weighted by atomic mass is 10.1. The van der Waals surface area contributed by atoms with Gasteiger partial charge in [0, 0.05) is 37.8 Å².